The van der Waals surface area contributed by atoms with Crippen LogP contribution in [0.15, 0.2) is 66.7 Å². The molecule has 0 fully saturated rings. The molecule has 3 aromatic carbocycles. The molecule has 1 aliphatic heterocycles. The van der Waals surface area contributed by atoms with Crippen molar-refractivity contribution in [3.63, 3.8) is 0 Å². The second kappa shape index (κ2) is 5.19. The third-order valence-electron chi connectivity index (χ3n) is 4.14. The van der Waals surface area contributed by atoms with Crippen molar-refractivity contribution in [3.8, 4) is 11.5 Å². The molecule has 0 saturated carbocycles. The van der Waals surface area contributed by atoms with Crippen molar-refractivity contribution in [2.45, 2.75) is 12.8 Å². The average molecular weight is 307 g/mol. The summed E-state index contributed by atoms with van der Waals surface area (Å²) in [5.41, 5.74) is 4.82. The maximum absolute atomic E-state index is 6.23. The number of ether oxygens (including phenoxy) is 1. The van der Waals surface area contributed by atoms with Crippen LogP contribution < -0.4 is 4.74 Å². The van der Waals surface area contributed by atoms with Gasteiger partial charge in [-0.2, -0.15) is 0 Å². The quantitative estimate of drug-likeness (QED) is 0.423. The summed E-state index contributed by atoms with van der Waals surface area (Å²) in [5.74, 6) is 1.95. The standard InChI is InChI=1S/C20H15ClO/c1-13-6-8-14(9-7-13)20-16-4-2-3-5-18(16)22-19-11-10-15(21)12-17(19)20/h2-12,20H,1H3. The normalized spacial score (nSPS) is 15.6. The zero-order valence-corrected chi connectivity index (χ0v) is 13.0. The van der Waals surface area contributed by atoms with Crippen molar-refractivity contribution in [2.24, 2.45) is 0 Å². The fourth-order valence-corrected chi connectivity index (χ4v) is 3.23. The Bertz CT molecular complexity index is 837. The molecule has 0 saturated heterocycles. The molecule has 2 heteroatoms. The molecule has 4 rings (SSSR count). The lowest BCUT2D eigenvalue weighted by Crippen LogP contribution is -2.11. The van der Waals surface area contributed by atoms with Crippen LogP contribution in [0.2, 0.25) is 5.02 Å². The summed E-state index contributed by atoms with van der Waals surface area (Å²) < 4.78 is 6.05. The minimum Gasteiger partial charge on any atom is -0.457 e. The van der Waals surface area contributed by atoms with Crippen LogP contribution >= 0.6 is 11.6 Å². The Kier molecular flexibility index (Phi) is 3.16. The molecule has 0 bridgehead atoms. The molecular weight excluding hydrogens is 292 g/mol. The van der Waals surface area contributed by atoms with Crippen LogP contribution in [0.4, 0.5) is 0 Å². The summed E-state index contributed by atoms with van der Waals surface area (Å²) in [6.07, 6.45) is 0. The van der Waals surface area contributed by atoms with E-state index in [0.29, 0.717) is 0 Å². The van der Waals surface area contributed by atoms with Gasteiger partial charge in [-0.15, -0.1) is 0 Å². The molecule has 1 heterocycles. The molecular formula is C20H15ClO. The molecule has 108 valence electrons. The van der Waals surface area contributed by atoms with Crippen LogP contribution in [0.5, 0.6) is 11.5 Å². The number of hydrogen-bond donors (Lipinski definition) is 0. The van der Waals surface area contributed by atoms with Crippen molar-refractivity contribution >= 4 is 11.6 Å². The maximum Gasteiger partial charge on any atom is 0.131 e. The van der Waals surface area contributed by atoms with Crippen molar-refractivity contribution < 1.29 is 4.74 Å². The predicted molar refractivity (Wildman–Crippen MR) is 90.1 cm³/mol. The summed E-state index contributed by atoms with van der Waals surface area (Å²) in [4.78, 5) is 0. The van der Waals surface area contributed by atoms with Crippen molar-refractivity contribution in [3.05, 3.63) is 94.0 Å². The molecule has 0 aliphatic carbocycles. The van der Waals surface area contributed by atoms with Gasteiger partial charge in [-0.1, -0.05) is 59.6 Å². The van der Waals surface area contributed by atoms with Gasteiger partial charge < -0.3 is 4.74 Å². The third kappa shape index (κ3) is 2.18. The first-order valence-corrected chi connectivity index (χ1v) is 7.73. The number of benzene rings is 3. The van der Waals surface area contributed by atoms with Crippen LogP contribution in [0.3, 0.4) is 0 Å². The number of halogens is 1. The highest BCUT2D eigenvalue weighted by Gasteiger charge is 2.28. The van der Waals surface area contributed by atoms with Gasteiger partial charge in [0.15, 0.2) is 0 Å². The van der Waals surface area contributed by atoms with E-state index < -0.39 is 0 Å². The number of rotatable bonds is 1. The van der Waals surface area contributed by atoms with E-state index in [1.807, 2.05) is 30.3 Å². The maximum atomic E-state index is 6.23. The fraction of sp³-hybridized carbons (Fsp3) is 0.100. The molecule has 1 nitrogen and oxygen atoms in total. The van der Waals surface area contributed by atoms with E-state index in [0.717, 1.165) is 22.1 Å². The molecule has 0 N–H and O–H groups in total. The third-order valence-corrected chi connectivity index (χ3v) is 4.38. The summed E-state index contributed by atoms with van der Waals surface area (Å²) >= 11 is 6.23. The summed E-state index contributed by atoms with van der Waals surface area (Å²) in [5, 5.41) is 0.735. The van der Waals surface area contributed by atoms with Gasteiger partial charge in [0.2, 0.25) is 0 Å². The molecule has 0 spiro atoms. The number of para-hydroxylation sites is 1. The van der Waals surface area contributed by atoms with Crippen LogP contribution in [0.1, 0.15) is 28.2 Å². The van der Waals surface area contributed by atoms with E-state index in [-0.39, 0.29) is 5.92 Å². The highest BCUT2D eigenvalue weighted by molar-refractivity contribution is 6.30. The molecule has 22 heavy (non-hydrogen) atoms. The van der Waals surface area contributed by atoms with E-state index in [9.17, 15) is 0 Å². The van der Waals surface area contributed by atoms with E-state index in [1.54, 1.807) is 0 Å². The van der Waals surface area contributed by atoms with E-state index >= 15 is 0 Å². The largest absolute Gasteiger partial charge is 0.457 e. The molecule has 0 aromatic heterocycles. The molecule has 1 atom stereocenters. The van der Waals surface area contributed by atoms with Gasteiger partial charge in [-0.3, -0.25) is 0 Å². The molecule has 1 aliphatic rings. The minimum absolute atomic E-state index is 0.152. The smallest absolute Gasteiger partial charge is 0.131 e. The first-order chi connectivity index (χ1) is 10.7. The lowest BCUT2D eigenvalue weighted by molar-refractivity contribution is 0.453. The first kappa shape index (κ1) is 13.4. The van der Waals surface area contributed by atoms with Gasteiger partial charge in [-0.05, 0) is 36.8 Å². The van der Waals surface area contributed by atoms with Crippen molar-refractivity contribution in [1.29, 1.82) is 0 Å². The Labute approximate surface area is 135 Å². The monoisotopic (exact) mass is 306 g/mol. The fourth-order valence-electron chi connectivity index (χ4n) is 3.05. The summed E-state index contributed by atoms with van der Waals surface area (Å²) in [6.45, 7) is 2.10. The van der Waals surface area contributed by atoms with E-state index in [2.05, 4.69) is 43.3 Å². The first-order valence-electron chi connectivity index (χ1n) is 7.35. The Morgan fingerprint density at radius 3 is 2.36 bits per heavy atom. The van der Waals surface area contributed by atoms with Crippen LogP contribution in [-0.4, -0.2) is 0 Å². The predicted octanol–water partition coefficient (Wildman–Crippen LogP) is 5.93. The van der Waals surface area contributed by atoms with E-state index in [4.69, 9.17) is 16.3 Å². The minimum atomic E-state index is 0.152. The SMILES string of the molecule is Cc1ccc(C2c3ccccc3Oc3ccc(Cl)cc32)cc1. The molecule has 1 unspecified atom stereocenters. The second-order valence-corrected chi connectivity index (χ2v) is 6.10. The lowest BCUT2D eigenvalue weighted by atomic mass is 9.82. The molecule has 0 amide bonds. The van der Waals surface area contributed by atoms with Gasteiger partial charge in [0.1, 0.15) is 11.5 Å². The number of hydrogen-bond acceptors (Lipinski definition) is 1. The number of aryl methyl sites for hydroxylation is 1. The number of fused-ring (bicyclic) bond motifs is 2. The second-order valence-electron chi connectivity index (χ2n) is 5.67. The Hall–Kier alpha value is -2.25. The highest BCUT2D eigenvalue weighted by atomic mass is 35.5. The zero-order valence-electron chi connectivity index (χ0n) is 12.2. The van der Waals surface area contributed by atoms with E-state index in [1.165, 1.54) is 16.7 Å². The van der Waals surface area contributed by atoms with Gasteiger partial charge in [0.05, 0.1) is 0 Å². The van der Waals surface area contributed by atoms with Crippen LogP contribution in [0.25, 0.3) is 0 Å². The van der Waals surface area contributed by atoms with Crippen molar-refractivity contribution in [2.75, 3.05) is 0 Å². The van der Waals surface area contributed by atoms with Gasteiger partial charge in [0, 0.05) is 22.1 Å². The molecule has 0 radical (unpaired) electrons. The highest BCUT2D eigenvalue weighted by Crippen LogP contribution is 2.47. The Balaban J connectivity index is 1.96. The van der Waals surface area contributed by atoms with Gasteiger partial charge >= 0.3 is 0 Å². The van der Waals surface area contributed by atoms with Gasteiger partial charge in [-0.25, -0.2) is 0 Å². The lowest BCUT2D eigenvalue weighted by Gasteiger charge is -2.28. The van der Waals surface area contributed by atoms with Crippen LogP contribution in [-0.2, 0) is 0 Å². The zero-order chi connectivity index (χ0) is 15.1. The Morgan fingerprint density at radius 1 is 0.818 bits per heavy atom. The Morgan fingerprint density at radius 2 is 1.55 bits per heavy atom. The van der Waals surface area contributed by atoms with Crippen LogP contribution in [0, 0.1) is 6.92 Å². The summed E-state index contributed by atoms with van der Waals surface area (Å²) in [7, 11) is 0. The van der Waals surface area contributed by atoms with Gasteiger partial charge in [0.25, 0.3) is 0 Å². The topological polar surface area (TPSA) is 9.23 Å². The summed E-state index contributed by atoms with van der Waals surface area (Å²) in [6, 6.07) is 22.7. The van der Waals surface area contributed by atoms with Crippen molar-refractivity contribution in [1.82, 2.24) is 0 Å². The molecule has 3 aromatic rings. The average Bonchev–Trinajstić information content (AvgIpc) is 2.54.